The predicted molar refractivity (Wildman–Crippen MR) is 91.1 cm³/mol. The van der Waals surface area contributed by atoms with Gasteiger partial charge >= 0.3 is 0 Å². The normalized spacial score (nSPS) is 11.2. The summed E-state index contributed by atoms with van der Waals surface area (Å²) in [5.41, 5.74) is 7.57. The van der Waals surface area contributed by atoms with E-state index in [0.29, 0.717) is 11.8 Å². The van der Waals surface area contributed by atoms with Crippen LogP contribution >= 0.6 is 0 Å². The summed E-state index contributed by atoms with van der Waals surface area (Å²) in [7, 11) is -1.37. The Balaban J connectivity index is 3.50. The fourth-order valence-corrected chi connectivity index (χ4v) is 2.54. The van der Waals surface area contributed by atoms with E-state index in [-0.39, 0.29) is 0 Å². The van der Waals surface area contributed by atoms with Crippen molar-refractivity contribution in [2.75, 3.05) is 0 Å². The van der Waals surface area contributed by atoms with Gasteiger partial charge in [0, 0.05) is 5.56 Å². The standard InChI is InChI=1S/C18H25NSi/c1-13(2)16-11-15(9-10-20(6,7)8)12-17(14(3)4)18(16)19-5/h11-14H,1-4,6-8H3. The van der Waals surface area contributed by atoms with Gasteiger partial charge < -0.3 is 0 Å². The first-order valence-electron chi connectivity index (χ1n) is 7.24. The number of benzene rings is 1. The highest BCUT2D eigenvalue weighted by Gasteiger charge is 2.15. The van der Waals surface area contributed by atoms with Gasteiger partial charge in [0.15, 0.2) is 5.69 Å². The minimum atomic E-state index is -1.37. The van der Waals surface area contributed by atoms with E-state index in [9.17, 15) is 0 Å². The van der Waals surface area contributed by atoms with Crippen LogP contribution < -0.4 is 0 Å². The molecule has 0 N–H and O–H groups in total. The third-order valence-corrected chi connectivity index (χ3v) is 3.98. The molecule has 0 aliphatic rings. The first-order chi connectivity index (χ1) is 9.15. The average molecular weight is 283 g/mol. The third kappa shape index (κ3) is 4.25. The quantitative estimate of drug-likeness (QED) is 0.372. The van der Waals surface area contributed by atoms with Gasteiger partial charge in [-0.2, -0.15) is 0 Å². The molecular formula is C18H25NSi. The van der Waals surface area contributed by atoms with Gasteiger partial charge in [-0.15, -0.1) is 5.54 Å². The lowest BCUT2D eigenvalue weighted by Gasteiger charge is -2.16. The lowest BCUT2D eigenvalue weighted by molar-refractivity contribution is 0.841. The summed E-state index contributed by atoms with van der Waals surface area (Å²) in [6.45, 7) is 22.8. The van der Waals surface area contributed by atoms with Gasteiger partial charge in [0.1, 0.15) is 8.07 Å². The van der Waals surface area contributed by atoms with Gasteiger partial charge in [0.05, 0.1) is 6.57 Å². The molecule has 0 heterocycles. The molecule has 0 amide bonds. The van der Waals surface area contributed by atoms with Gasteiger partial charge in [-0.25, -0.2) is 4.85 Å². The Morgan fingerprint density at radius 3 is 1.75 bits per heavy atom. The van der Waals surface area contributed by atoms with Crippen LogP contribution in [0.15, 0.2) is 12.1 Å². The molecule has 0 aliphatic heterocycles. The maximum Gasteiger partial charge on any atom is 0.194 e. The lowest BCUT2D eigenvalue weighted by Crippen LogP contribution is -2.16. The van der Waals surface area contributed by atoms with Gasteiger partial charge in [-0.3, -0.25) is 0 Å². The van der Waals surface area contributed by atoms with Crippen LogP contribution in [-0.2, 0) is 0 Å². The molecule has 0 bridgehead atoms. The van der Waals surface area contributed by atoms with Crippen molar-refractivity contribution in [3.63, 3.8) is 0 Å². The van der Waals surface area contributed by atoms with E-state index in [4.69, 9.17) is 6.57 Å². The Kier molecular flexibility index (Phi) is 5.20. The second-order valence-electron chi connectivity index (χ2n) is 6.92. The monoisotopic (exact) mass is 283 g/mol. The molecule has 0 fully saturated rings. The van der Waals surface area contributed by atoms with Crippen molar-refractivity contribution in [3.8, 4) is 11.5 Å². The molecule has 1 nitrogen and oxygen atoms in total. The summed E-state index contributed by atoms with van der Waals surface area (Å²) in [6, 6.07) is 4.22. The largest absolute Gasteiger partial charge is 0.238 e. The summed E-state index contributed by atoms with van der Waals surface area (Å²) >= 11 is 0. The smallest absolute Gasteiger partial charge is 0.194 e. The summed E-state index contributed by atoms with van der Waals surface area (Å²) in [4.78, 5) is 3.77. The molecule has 1 rings (SSSR count). The fourth-order valence-electron chi connectivity index (χ4n) is 2.02. The van der Waals surface area contributed by atoms with E-state index in [2.05, 4.69) is 75.8 Å². The van der Waals surface area contributed by atoms with Gasteiger partial charge in [0.2, 0.25) is 0 Å². The molecule has 2 heteroatoms. The predicted octanol–water partition coefficient (Wildman–Crippen LogP) is 5.71. The number of nitrogens with zero attached hydrogens (tertiary/aromatic N) is 1. The summed E-state index contributed by atoms with van der Waals surface area (Å²) in [5, 5.41) is 0. The highest BCUT2D eigenvalue weighted by molar-refractivity contribution is 6.83. The number of hydrogen-bond donors (Lipinski definition) is 0. The minimum Gasteiger partial charge on any atom is -0.238 e. The Morgan fingerprint density at radius 2 is 1.45 bits per heavy atom. The SMILES string of the molecule is [C-]#[N+]c1c(C(C)C)cc(C#C[Si](C)(C)C)cc1C(C)C. The molecule has 0 radical (unpaired) electrons. The van der Waals surface area contributed by atoms with Crippen LogP contribution in [-0.4, -0.2) is 8.07 Å². The van der Waals surface area contributed by atoms with E-state index in [1.807, 2.05) is 0 Å². The van der Waals surface area contributed by atoms with E-state index in [1.165, 1.54) is 0 Å². The Morgan fingerprint density at radius 1 is 1.00 bits per heavy atom. The van der Waals surface area contributed by atoms with Crippen molar-refractivity contribution in [1.29, 1.82) is 0 Å². The van der Waals surface area contributed by atoms with Crippen LogP contribution in [0.3, 0.4) is 0 Å². The van der Waals surface area contributed by atoms with Crippen LogP contribution in [0.5, 0.6) is 0 Å². The summed E-state index contributed by atoms with van der Waals surface area (Å²) < 4.78 is 0. The molecule has 1 aromatic carbocycles. The number of rotatable bonds is 2. The van der Waals surface area contributed by atoms with Crippen molar-refractivity contribution in [2.45, 2.75) is 59.2 Å². The third-order valence-electron chi connectivity index (χ3n) is 3.11. The molecular weight excluding hydrogens is 258 g/mol. The highest BCUT2D eigenvalue weighted by atomic mass is 28.3. The first-order valence-corrected chi connectivity index (χ1v) is 10.7. The Hall–Kier alpha value is -1.51. The molecule has 0 saturated heterocycles. The van der Waals surface area contributed by atoms with Gasteiger partial charge in [0.25, 0.3) is 0 Å². The highest BCUT2D eigenvalue weighted by Crippen LogP contribution is 2.35. The zero-order valence-electron chi connectivity index (χ0n) is 13.8. The van der Waals surface area contributed by atoms with Crippen LogP contribution in [0, 0.1) is 18.0 Å². The van der Waals surface area contributed by atoms with Crippen LogP contribution in [0.2, 0.25) is 19.6 Å². The molecule has 0 atom stereocenters. The first kappa shape index (κ1) is 16.5. The minimum absolute atomic E-state index is 0.352. The molecule has 0 aliphatic carbocycles. The van der Waals surface area contributed by atoms with E-state index >= 15 is 0 Å². The van der Waals surface area contributed by atoms with E-state index < -0.39 is 8.07 Å². The lowest BCUT2D eigenvalue weighted by atomic mass is 9.91. The van der Waals surface area contributed by atoms with Crippen molar-refractivity contribution in [1.82, 2.24) is 0 Å². The van der Waals surface area contributed by atoms with Crippen molar-refractivity contribution >= 4 is 13.8 Å². The molecule has 0 unspecified atom stereocenters. The molecule has 0 spiro atoms. The van der Waals surface area contributed by atoms with Crippen LogP contribution in [0.4, 0.5) is 5.69 Å². The van der Waals surface area contributed by atoms with Crippen molar-refractivity contribution in [3.05, 3.63) is 40.2 Å². The average Bonchev–Trinajstić information content (AvgIpc) is 2.33. The fraction of sp³-hybridized carbons (Fsp3) is 0.500. The van der Waals surface area contributed by atoms with Gasteiger partial charge in [-0.05, 0) is 23.0 Å². The van der Waals surface area contributed by atoms with E-state index in [1.54, 1.807) is 0 Å². The summed E-state index contributed by atoms with van der Waals surface area (Å²) in [6.07, 6.45) is 0. The second-order valence-corrected chi connectivity index (χ2v) is 11.7. The van der Waals surface area contributed by atoms with E-state index in [0.717, 1.165) is 22.4 Å². The van der Waals surface area contributed by atoms with Crippen LogP contribution in [0.25, 0.3) is 4.85 Å². The van der Waals surface area contributed by atoms with Crippen LogP contribution in [0.1, 0.15) is 56.2 Å². The van der Waals surface area contributed by atoms with Crippen molar-refractivity contribution in [2.24, 2.45) is 0 Å². The Labute approximate surface area is 125 Å². The zero-order chi connectivity index (χ0) is 15.5. The molecule has 0 aromatic heterocycles. The molecule has 20 heavy (non-hydrogen) atoms. The number of hydrogen-bond acceptors (Lipinski definition) is 0. The zero-order valence-corrected chi connectivity index (χ0v) is 14.8. The molecule has 1 aromatic rings. The molecule has 0 saturated carbocycles. The topological polar surface area (TPSA) is 4.36 Å². The van der Waals surface area contributed by atoms with Crippen molar-refractivity contribution < 1.29 is 0 Å². The summed E-state index contributed by atoms with van der Waals surface area (Å²) in [5.74, 6) is 4.04. The maximum atomic E-state index is 7.48. The molecule has 106 valence electrons. The van der Waals surface area contributed by atoms with Gasteiger partial charge in [-0.1, -0.05) is 65.4 Å². The maximum absolute atomic E-state index is 7.48. The Bertz CT molecular complexity index is 558. The second kappa shape index (κ2) is 6.29.